The lowest BCUT2D eigenvalue weighted by Gasteiger charge is -2.14. The Morgan fingerprint density at radius 3 is 2.36 bits per heavy atom. The molecule has 0 bridgehead atoms. The van der Waals surface area contributed by atoms with Crippen molar-refractivity contribution in [3.63, 3.8) is 0 Å². The fourth-order valence-electron chi connectivity index (χ4n) is 2.79. The molecule has 4 rings (SSSR count). The number of hydrogen-bond donors (Lipinski definition) is 0. The van der Waals surface area contributed by atoms with Gasteiger partial charge in [-0.15, -0.1) is 0 Å². The minimum absolute atomic E-state index is 0.0330. The highest BCUT2D eigenvalue weighted by Crippen LogP contribution is 2.22. The van der Waals surface area contributed by atoms with Gasteiger partial charge in [0.25, 0.3) is 0 Å². The third kappa shape index (κ3) is 2.87. The molecular formula is C20H13N3O2. The summed E-state index contributed by atoms with van der Waals surface area (Å²) in [5.74, 6) is -0.186. The van der Waals surface area contributed by atoms with E-state index >= 15 is 0 Å². The fraction of sp³-hybridized carbons (Fsp3) is 0.0500. The molecule has 1 aromatic heterocycles. The van der Waals surface area contributed by atoms with E-state index < -0.39 is 0 Å². The van der Waals surface area contributed by atoms with Crippen LogP contribution in [0.15, 0.2) is 71.9 Å². The Morgan fingerprint density at radius 2 is 1.56 bits per heavy atom. The lowest BCUT2D eigenvalue weighted by Crippen LogP contribution is -2.27. The van der Waals surface area contributed by atoms with E-state index in [1.165, 1.54) is 0 Å². The first-order valence-corrected chi connectivity index (χ1v) is 7.85. The van der Waals surface area contributed by atoms with Crippen molar-refractivity contribution in [2.75, 3.05) is 0 Å². The Balaban J connectivity index is 1.73. The van der Waals surface area contributed by atoms with Gasteiger partial charge in [0.1, 0.15) is 5.71 Å². The summed E-state index contributed by atoms with van der Waals surface area (Å²) in [5, 5.41) is 0. The van der Waals surface area contributed by atoms with Crippen molar-refractivity contribution in [2.45, 2.75) is 6.42 Å². The number of rotatable bonds is 2. The highest BCUT2D eigenvalue weighted by atomic mass is 16.1. The van der Waals surface area contributed by atoms with Gasteiger partial charge in [-0.05, 0) is 6.07 Å². The molecule has 5 nitrogen and oxygen atoms in total. The zero-order valence-corrected chi connectivity index (χ0v) is 13.2. The molecule has 0 fully saturated rings. The number of hydrogen-bond acceptors (Lipinski definition) is 5. The number of aromatic nitrogens is 2. The molecule has 0 saturated heterocycles. The van der Waals surface area contributed by atoms with Crippen LogP contribution in [0, 0.1) is 0 Å². The SMILES string of the molecule is O=C1CC(=Nc2nccc(-c3ccccc3)n2)C(=O)c2ccccc21. The Kier molecular flexibility index (Phi) is 3.74. The second kappa shape index (κ2) is 6.20. The maximum absolute atomic E-state index is 12.6. The van der Waals surface area contributed by atoms with E-state index in [0.29, 0.717) is 16.8 Å². The summed E-state index contributed by atoms with van der Waals surface area (Å²) in [6, 6.07) is 18.2. The molecule has 2 aromatic carbocycles. The zero-order chi connectivity index (χ0) is 17.2. The molecule has 25 heavy (non-hydrogen) atoms. The van der Waals surface area contributed by atoms with Crippen LogP contribution in [0.2, 0.25) is 0 Å². The van der Waals surface area contributed by atoms with Gasteiger partial charge in [0, 0.05) is 22.9 Å². The molecule has 0 spiro atoms. The standard InChI is InChI=1S/C20H13N3O2/c24-18-12-17(19(25)15-9-5-4-8-14(15)18)23-20-21-11-10-16(22-20)13-6-2-1-3-7-13/h1-11H,12H2. The Morgan fingerprint density at radius 1 is 0.840 bits per heavy atom. The van der Waals surface area contributed by atoms with Crippen LogP contribution < -0.4 is 0 Å². The number of nitrogens with zero attached hydrogens (tertiary/aromatic N) is 3. The Hall–Kier alpha value is -3.47. The summed E-state index contributed by atoms with van der Waals surface area (Å²) in [6.45, 7) is 0. The number of aliphatic imine (C=N–C) groups is 1. The van der Waals surface area contributed by atoms with Crippen molar-refractivity contribution in [3.05, 3.63) is 78.0 Å². The van der Waals surface area contributed by atoms with Crippen molar-refractivity contribution in [1.82, 2.24) is 9.97 Å². The van der Waals surface area contributed by atoms with E-state index in [1.807, 2.05) is 30.3 Å². The van der Waals surface area contributed by atoms with Crippen LogP contribution in [-0.4, -0.2) is 27.2 Å². The van der Waals surface area contributed by atoms with Gasteiger partial charge in [0.2, 0.25) is 11.7 Å². The normalized spacial score (nSPS) is 15.3. The molecule has 1 heterocycles. The molecular weight excluding hydrogens is 314 g/mol. The highest BCUT2D eigenvalue weighted by molar-refractivity contribution is 6.52. The van der Waals surface area contributed by atoms with Crippen molar-refractivity contribution in [2.24, 2.45) is 4.99 Å². The summed E-state index contributed by atoms with van der Waals surface area (Å²) in [6.07, 6.45) is 1.56. The van der Waals surface area contributed by atoms with Crippen molar-refractivity contribution in [1.29, 1.82) is 0 Å². The molecule has 0 unspecified atom stereocenters. The monoisotopic (exact) mass is 327 g/mol. The lowest BCUT2D eigenvalue weighted by atomic mass is 9.88. The summed E-state index contributed by atoms with van der Waals surface area (Å²) in [4.78, 5) is 37.6. The molecule has 0 atom stereocenters. The molecule has 120 valence electrons. The molecule has 3 aromatic rings. The summed E-state index contributed by atoms with van der Waals surface area (Å²) < 4.78 is 0. The number of carbonyl (C=O) groups is 2. The number of carbonyl (C=O) groups excluding carboxylic acids is 2. The summed E-state index contributed by atoms with van der Waals surface area (Å²) >= 11 is 0. The maximum Gasteiger partial charge on any atom is 0.250 e. The minimum atomic E-state index is -0.246. The molecule has 0 saturated carbocycles. The summed E-state index contributed by atoms with van der Waals surface area (Å²) in [7, 11) is 0. The largest absolute Gasteiger partial charge is 0.294 e. The minimum Gasteiger partial charge on any atom is -0.294 e. The van der Waals surface area contributed by atoms with E-state index in [2.05, 4.69) is 15.0 Å². The third-order valence-electron chi connectivity index (χ3n) is 4.01. The second-order valence-electron chi connectivity index (χ2n) is 5.64. The Bertz CT molecular complexity index is 1010. The molecule has 1 aliphatic rings. The predicted molar refractivity (Wildman–Crippen MR) is 94.3 cm³/mol. The Labute approximate surface area is 144 Å². The van der Waals surface area contributed by atoms with E-state index in [-0.39, 0.29) is 29.6 Å². The van der Waals surface area contributed by atoms with Crippen molar-refractivity contribution < 1.29 is 9.59 Å². The van der Waals surface area contributed by atoms with Gasteiger partial charge < -0.3 is 0 Å². The van der Waals surface area contributed by atoms with Gasteiger partial charge in [-0.2, -0.15) is 0 Å². The zero-order valence-electron chi connectivity index (χ0n) is 13.2. The molecule has 0 N–H and O–H groups in total. The van der Waals surface area contributed by atoms with E-state index in [1.54, 1.807) is 36.5 Å². The van der Waals surface area contributed by atoms with Gasteiger partial charge in [0.05, 0.1) is 12.1 Å². The quantitative estimate of drug-likeness (QED) is 0.719. The van der Waals surface area contributed by atoms with E-state index in [4.69, 9.17) is 0 Å². The van der Waals surface area contributed by atoms with Gasteiger partial charge >= 0.3 is 0 Å². The average molecular weight is 327 g/mol. The number of benzene rings is 2. The first kappa shape index (κ1) is 15.1. The van der Waals surface area contributed by atoms with Gasteiger partial charge in [-0.25, -0.2) is 15.0 Å². The van der Waals surface area contributed by atoms with Crippen molar-refractivity contribution >= 4 is 23.2 Å². The van der Waals surface area contributed by atoms with E-state index in [9.17, 15) is 9.59 Å². The predicted octanol–water partition coefficient (Wildman–Crippen LogP) is 3.69. The van der Waals surface area contributed by atoms with Gasteiger partial charge in [-0.3, -0.25) is 9.59 Å². The van der Waals surface area contributed by atoms with Crippen LogP contribution in [-0.2, 0) is 0 Å². The second-order valence-corrected chi connectivity index (χ2v) is 5.64. The van der Waals surface area contributed by atoms with Crippen LogP contribution in [0.3, 0.4) is 0 Å². The molecule has 1 aliphatic carbocycles. The van der Waals surface area contributed by atoms with Crippen LogP contribution in [0.4, 0.5) is 5.95 Å². The lowest BCUT2D eigenvalue weighted by molar-refractivity contribution is 0.0965. The van der Waals surface area contributed by atoms with Crippen LogP contribution in [0.5, 0.6) is 0 Å². The smallest absolute Gasteiger partial charge is 0.250 e. The average Bonchev–Trinajstić information content (AvgIpc) is 2.67. The number of Topliss-reactive ketones (excluding diaryl/α,β-unsaturated/α-hetero) is 2. The van der Waals surface area contributed by atoms with Crippen molar-refractivity contribution in [3.8, 4) is 11.3 Å². The fourth-order valence-corrected chi connectivity index (χ4v) is 2.79. The van der Waals surface area contributed by atoms with E-state index in [0.717, 1.165) is 5.56 Å². The molecule has 0 amide bonds. The third-order valence-corrected chi connectivity index (χ3v) is 4.01. The van der Waals surface area contributed by atoms with Crippen LogP contribution in [0.25, 0.3) is 11.3 Å². The number of fused-ring (bicyclic) bond motifs is 1. The molecule has 0 aliphatic heterocycles. The first-order valence-electron chi connectivity index (χ1n) is 7.85. The highest BCUT2D eigenvalue weighted by Gasteiger charge is 2.29. The number of ketones is 2. The van der Waals surface area contributed by atoms with Crippen LogP contribution >= 0.6 is 0 Å². The van der Waals surface area contributed by atoms with Crippen LogP contribution in [0.1, 0.15) is 27.1 Å². The van der Waals surface area contributed by atoms with Gasteiger partial charge in [-0.1, -0.05) is 54.6 Å². The molecule has 0 radical (unpaired) electrons. The topological polar surface area (TPSA) is 72.3 Å². The first-order chi connectivity index (χ1) is 12.2. The maximum atomic E-state index is 12.6. The van der Waals surface area contributed by atoms with Gasteiger partial charge in [0.15, 0.2) is 5.78 Å². The summed E-state index contributed by atoms with van der Waals surface area (Å²) in [5.41, 5.74) is 2.66. The molecule has 5 heteroatoms.